The summed E-state index contributed by atoms with van der Waals surface area (Å²) in [5.41, 5.74) is 0.309. The molecule has 3 heterocycles. The largest absolute Gasteiger partial charge is 0.462 e. The Bertz CT molecular complexity index is 636. The molecule has 7 heteroatoms. The molecule has 0 bridgehead atoms. The lowest BCUT2D eigenvalue weighted by atomic mass is 10.1. The number of hydrogen-bond acceptors (Lipinski definition) is 5. The molecule has 0 aliphatic carbocycles. The van der Waals surface area contributed by atoms with Gasteiger partial charge in [-0.2, -0.15) is 0 Å². The van der Waals surface area contributed by atoms with Crippen molar-refractivity contribution in [2.45, 2.75) is 25.3 Å². The van der Waals surface area contributed by atoms with E-state index in [0.29, 0.717) is 29.4 Å². The van der Waals surface area contributed by atoms with Crippen LogP contribution in [0, 0.1) is 0 Å². The van der Waals surface area contributed by atoms with Crippen LogP contribution in [0.4, 0.5) is 0 Å². The van der Waals surface area contributed by atoms with Gasteiger partial charge < -0.3 is 15.1 Å². The van der Waals surface area contributed by atoms with Crippen LogP contribution >= 0.6 is 11.3 Å². The van der Waals surface area contributed by atoms with E-state index in [-0.39, 0.29) is 11.8 Å². The third-order valence-corrected chi connectivity index (χ3v) is 4.17. The maximum absolute atomic E-state index is 12.2. The number of amides is 2. The second-order valence-electron chi connectivity index (χ2n) is 4.83. The van der Waals surface area contributed by atoms with Gasteiger partial charge in [0.25, 0.3) is 5.91 Å². The molecule has 0 aromatic carbocycles. The standard InChI is InChI=1S/C14H15N3O3S/c18-12-9(4-1-2-6-15-12)16-13(19)10-8-21-14(17-10)11-5-3-7-20-11/h3,5,7-9H,1-2,4,6H2,(H,15,18)(H,16,19)/t9-/m0/s1. The number of furan rings is 1. The van der Waals surface area contributed by atoms with Gasteiger partial charge in [-0.25, -0.2) is 4.98 Å². The fourth-order valence-electron chi connectivity index (χ4n) is 2.20. The minimum absolute atomic E-state index is 0.123. The molecule has 1 atom stereocenters. The highest BCUT2D eigenvalue weighted by Gasteiger charge is 2.24. The summed E-state index contributed by atoms with van der Waals surface area (Å²) < 4.78 is 5.25. The third kappa shape index (κ3) is 3.13. The lowest BCUT2D eigenvalue weighted by molar-refractivity contribution is -0.122. The topological polar surface area (TPSA) is 84.2 Å². The van der Waals surface area contributed by atoms with Gasteiger partial charge in [0.1, 0.15) is 11.7 Å². The first kappa shape index (κ1) is 13.8. The lowest BCUT2D eigenvalue weighted by Gasteiger charge is -2.14. The van der Waals surface area contributed by atoms with Crippen LogP contribution in [0.15, 0.2) is 28.2 Å². The average molecular weight is 305 g/mol. The Morgan fingerprint density at radius 1 is 1.48 bits per heavy atom. The van der Waals surface area contributed by atoms with Gasteiger partial charge in [0.15, 0.2) is 10.8 Å². The predicted octanol–water partition coefficient (Wildman–Crippen LogP) is 1.80. The van der Waals surface area contributed by atoms with Gasteiger partial charge >= 0.3 is 0 Å². The van der Waals surface area contributed by atoms with E-state index < -0.39 is 6.04 Å². The zero-order chi connectivity index (χ0) is 14.7. The molecule has 0 spiro atoms. The second-order valence-corrected chi connectivity index (χ2v) is 5.69. The van der Waals surface area contributed by atoms with Crippen molar-refractivity contribution in [3.05, 3.63) is 29.5 Å². The Kier molecular flexibility index (Phi) is 4.01. The van der Waals surface area contributed by atoms with Gasteiger partial charge in [0.2, 0.25) is 5.91 Å². The first-order valence-electron chi connectivity index (χ1n) is 6.82. The Morgan fingerprint density at radius 2 is 2.38 bits per heavy atom. The van der Waals surface area contributed by atoms with Crippen LogP contribution in [-0.4, -0.2) is 29.4 Å². The lowest BCUT2D eigenvalue weighted by Crippen LogP contribution is -2.45. The van der Waals surface area contributed by atoms with Crippen molar-refractivity contribution < 1.29 is 14.0 Å². The Balaban J connectivity index is 1.69. The summed E-state index contributed by atoms with van der Waals surface area (Å²) in [5, 5.41) is 7.86. The minimum Gasteiger partial charge on any atom is -0.462 e. The third-order valence-electron chi connectivity index (χ3n) is 3.31. The van der Waals surface area contributed by atoms with Gasteiger partial charge in [-0.05, 0) is 31.4 Å². The van der Waals surface area contributed by atoms with E-state index in [0.717, 1.165) is 12.8 Å². The van der Waals surface area contributed by atoms with E-state index in [1.54, 1.807) is 23.8 Å². The second kappa shape index (κ2) is 6.09. The molecule has 0 radical (unpaired) electrons. The maximum atomic E-state index is 12.2. The Labute approximate surface area is 125 Å². The number of carbonyl (C=O) groups is 2. The van der Waals surface area contributed by atoms with Crippen LogP contribution in [0.2, 0.25) is 0 Å². The summed E-state index contributed by atoms with van der Waals surface area (Å²) in [6.45, 7) is 0.671. The van der Waals surface area contributed by atoms with Gasteiger partial charge in [-0.3, -0.25) is 9.59 Å². The first-order chi connectivity index (χ1) is 10.2. The SMILES string of the molecule is O=C(N[C@H]1CCCCNC1=O)c1csc(-c2ccco2)n1. The molecule has 21 heavy (non-hydrogen) atoms. The van der Waals surface area contributed by atoms with Crippen molar-refractivity contribution >= 4 is 23.2 Å². The molecule has 2 N–H and O–H groups in total. The van der Waals surface area contributed by atoms with Gasteiger partial charge in [-0.15, -0.1) is 11.3 Å². The number of nitrogens with zero attached hydrogens (tertiary/aromatic N) is 1. The Morgan fingerprint density at radius 3 is 3.19 bits per heavy atom. The van der Waals surface area contributed by atoms with Crippen LogP contribution in [-0.2, 0) is 4.79 Å². The van der Waals surface area contributed by atoms with Crippen LogP contribution < -0.4 is 10.6 Å². The summed E-state index contributed by atoms with van der Waals surface area (Å²) in [6, 6.07) is 3.08. The normalized spacial score (nSPS) is 18.9. The van der Waals surface area contributed by atoms with Crippen molar-refractivity contribution in [1.29, 1.82) is 0 Å². The van der Waals surface area contributed by atoms with E-state index in [1.807, 2.05) is 0 Å². The first-order valence-corrected chi connectivity index (χ1v) is 7.70. The highest BCUT2D eigenvalue weighted by molar-refractivity contribution is 7.13. The summed E-state index contributed by atoms with van der Waals surface area (Å²) in [4.78, 5) is 28.2. The molecular formula is C14H15N3O3S. The number of thiazole rings is 1. The van der Waals surface area contributed by atoms with E-state index in [4.69, 9.17) is 4.42 Å². The highest BCUT2D eigenvalue weighted by Crippen LogP contribution is 2.23. The Hall–Kier alpha value is -2.15. The molecule has 110 valence electrons. The van der Waals surface area contributed by atoms with Crippen LogP contribution in [0.3, 0.4) is 0 Å². The predicted molar refractivity (Wildman–Crippen MR) is 77.9 cm³/mol. The molecular weight excluding hydrogens is 290 g/mol. The van der Waals surface area contributed by atoms with Crippen LogP contribution in [0.5, 0.6) is 0 Å². The highest BCUT2D eigenvalue weighted by atomic mass is 32.1. The fraction of sp³-hybridized carbons (Fsp3) is 0.357. The van der Waals surface area contributed by atoms with Gasteiger partial charge in [0, 0.05) is 11.9 Å². The summed E-state index contributed by atoms with van der Waals surface area (Å²) >= 11 is 1.34. The quantitative estimate of drug-likeness (QED) is 0.905. The molecule has 2 aromatic heterocycles. The van der Waals surface area contributed by atoms with Crippen LogP contribution in [0.1, 0.15) is 29.8 Å². The molecule has 0 unspecified atom stereocenters. The van der Waals surface area contributed by atoms with Crippen molar-refractivity contribution in [1.82, 2.24) is 15.6 Å². The molecule has 2 amide bonds. The number of rotatable bonds is 3. The molecule has 1 aliphatic rings. The van der Waals surface area contributed by atoms with Gasteiger partial charge in [-0.1, -0.05) is 0 Å². The summed E-state index contributed by atoms with van der Waals surface area (Å²) in [5.74, 6) is 0.180. The van der Waals surface area contributed by atoms with Crippen molar-refractivity contribution in [3.63, 3.8) is 0 Å². The minimum atomic E-state index is -0.478. The number of carbonyl (C=O) groups excluding carboxylic acids is 2. The molecule has 1 saturated heterocycles. The monoisotopic (exact) mass is 305 g/mol. The smallest absolute Gasteiger partial charge is 0.271 e. The number of hydrogen-bond donors (Lipinski definition) is 2. The molecule has 6 nitrogen and oxygen atoms in total. The maximum Gasteiger partial charge on any atom is 0.271 e. The molecule has 3 rings (SSSR count). The molecule has 1 aliphatic heterocycles. The van der Waals surface area contributed by atoms with E-state index in [1.165, 1.54) is 11.3 Å². The van der Waals surface area contributed by atoms with E-state index >= 15 is 0 Å². The number of nitrogens with one attached hydrogen (secondary N) is 2. The van der Waals surface area contributed by atoms with E-state index in [2.05, 4.69) is 15.6 Å². The summed E-state index contributed by atoms with van der Waals surface area (Å²) in [6.07, 6.45) is 4.08. The van der Waals surface area contributed by atoms with Crippen LogP contribution in [0.25, 0.3) is 10.8 Å². The average Bonchev–Trinajstić information content (AvgIpc) is 3.12. The van der Waals surface area contributed by atoms with E-state index in [9.17, 15) is 9.59 Å². The molecule has 2 aromatic rings. The van der Waals surface area contributed by atoms with Crippen molar-refractivity contribution in [2.24, 2.45) is 0 Å². The van der Waals surface area contributed by atoms with Gasteiger partial charge in [0.05, 0.1) is 6.26 Å². The molecule has 0 saturated carbocycles. The van der Waals surface area contributed by atoms with Crippen molar-refractivity contribution in [2.75, 3.05) is 6.54 Å². The van der Waals surface area contributed by atoms with Crippen molar-refractivity contribution in [3.8, 4) is 10.8 Å². The zero-order valence-corrected chi connectivity index (χ0v) is 12.1. The number of aromatic nitrogens is 1. The fourth-order valence-corrected chi connectivity index (χ4v) is 2.97. The molecule has 1 fully saturated rings. The summed E-state index contributed by atoms with van der Waals surface area (Å²) in [7, 11) is 0. The zero-order valence-electron chi connectivity index (χ0n) is 11.3.